The van der Waals surface area contributed by atoms with Gasteiger partial charge in [-0.05, 0) is 18.4 Å². The number of aryl methyl sites for hydroxylation is 1. The second-order valence-corrected chi connectivity index (χ2v) is 3.15. The molecule has 1 aromatic carbocycles. The normalized spacial score (nSPS) is 12.1. The number of esters is 1. The maximum absolute atomic E-state index is 11.0. The van der Waals surface area contributed by atoms with E-state index < -0.39 is 6.04 Å². The van der Waals surface area contributed by atoms with Crippen LogP contribution in [0.15, 0.2) is 30.3 Å². The van der Waals surface area contributed by atoms with E-state index in [1.165, 1.54) is 12.7 Å². The molecule has 1 unspecified atom stereocenters. The van der Waals surface area contributed by atoms with Gasteiger partial charge in [-0.15, -0.1) is 0 Å². The maximum atomic E-state index is 11.0. The van der Waals surface area contributed by atoms with Crippen molar-refractivity contribution in [1.29, 1.82) is 0 Å². The van der Waals surface area contributed by atoms with Gasteiger partial charge in [0.2, 0.25) is 0 Å². The summed E-state index contributed by atoms with van der Waals surface area (Å²) in [5.41, 5.74) is 6.79. The molecule has 0 spiro atoms. The van der Waals surface area contributed by atoms with Gasteiger partial charge in [-0.1, -0.05) is 30.3 Å². The van der Waals surface area contributed by atoms with Crippen molar-refractivity contribution in [3.05, 3.63) is 35.9 Å². The summed E-state index contributed by atoms with van der Waals surface area (Å²) in [5, 5.41) is 0. The highest BCUT2D eigenvalue weighted by atomic mass is 16.5. The van der Waals surface area contributed by atoms with E-state index in [2.05, 4.69) is 4.74 Å². The lowest BCUT2D eigenvalue weighted by Crippen LogP contribution is -2.31. The van der Waals surface area contributed by atoms with Crippen molar-refractivity contribution in [2.45, 2.75) is 18.9 Å². The molecule has 1 aromatic rings. The highest BCUT2D eigenvalue weighted by molar-refractivity contribution is 5.75. The summed E-state index contributed by atoms with van der Waals surface area (Å²) in [5.74, 6) is -0.346. The van der Waals surface area contributed by atoms with Crippen LogP contribution < -0.4 is 5.73 Å². The number of hydrogen-bond acceptors (Lipinski definition) is 3. The molecule has 14 heavy (non-hydrogen) atoms. The van der Waals surface area contributed by atoms with Gasteiger partial charge < -0.3 is 10.5 Å². The van der Waals surface area contributed by atoms with Gasteiger partial charge >= 0.3 is 5.97 Å². The highest BCUT2D eigenvalue weighted by Gasteiger charge is 2.12. The Morgan fingerprint density at radius 1 is 1.43 bits per heavy atom. The van der Waals surface area contributed by atoms with Crippen LogP contribution in [0.3, 0.4) is 0 Å². The number of ether oxygens (including phenoxy) is 1. The van der Waals surface area contributed by atoms with E-state index in [1.54, 1.807) is 0 Å². The quantitative estimate of drug-likeness (QED) is 0.729. The first-order valence-corrected chi connectivity index (χ1v) is 4.61. The van der Waals surface area contributed by atoms with E-state index in [1.807, 2.05) is 30.3 Å². The Morgan fingerprint density at radius 3 is 2.64 bits per heavy atom. The van der Waals surface area contributed by atoms with Gasteiger partial charge in [-0.2, -0.15) is 0 Å². The molecule has 0 saturated carbocycles. The summed E-state index contributed by atoms with van der Waals surface area (Å²) in [6, 6.07) is 9.43. The standard InChI is InChI=1S/C11H15NO2/c1-14-11(13)10(12)8-7-9-5-3-2-4-6-9/h2-6,10H,7-8,12H2,1H3. The number of carbonyl (C=O) groups is 1. The zero-order chi connectivity index (χ0) is 10.4. The van der Waals surface area contributed by atoms with Crippen LogP contribution in [-0.4, -0.2) is 19.1 Å². The monoisotopic (exact) mass is 193 g/mol. The molecule has 2 N–H and O–H groups in total. The molecule has 0 aliphatic rings. The van der Waals surface area contributed by atoms with E-state index in [0.717, 1.165) is 6.42 Å². The highest BCUT2D eigenvalue weighted by Crippen LogP contribution is 2.04. The van der Waals surface area contributed by atoms with Crippen LogP contribution in [0, 0.1) is 0 Å². The van der Waals surface area contributed by atoms with Crippen molar-refractivity contribution in [3.8, 4) is 0 Å². The van der Waals surface area contributed by atoms with Gasteiger partial charge in [0.25, 0.3) is 0 Å². The summed E-state index contributed by atoms with van der Waals surface area (Å²) < 4.78 is 4.54. The van der Waals surface area contributed by atoms with Crippen molar-refractivity contribution < 1.29 is 9.53 Å². The molecule has 0 aliphatic heterocycles. The van der Waals surface area contributed by atoms with Crippen molar-refractivity contribution in [2.24, 2.45) is 5.73 Å². The predicted octanol–water partition coefficient (Wildman–Crippen LogP) is 1.12. The first-order chi connectivity index (χ1) is 6.74. The minimum Gasteiger partial charge on any atom is -0.468 e. The Labute approximate surface area is 83.9 Å². The SMILES string of the molecule is COC(=O)C(N)CCc1ccccc1. The number of hydrogen-bond donors (Lipinski definition) is 1. The van der Waals surface area contributed by atoms with Gasteiger partial charge in [0.1, 0.15) is 6.04 Å². The first-order valence-electron chi connectivity index (χ1n) is 4.61. The Kier molecular flexibility index (Phi) is 4.13. The van der Waals surface area contributed by atoms with Crippen LogP contribution in [0.1, 0.15) is 12.0 Å². The van der Waals surface area contributed by atoms with Gasteiger partial charge in [0, 0.05) is 0 Å². The molecule has 0 heterocycles. The van der Waals surface area contributed by atoms with Crippen LogP contribution in [0.4, 0.5) is 0 Å². The Hall–Kier alpha value is -1.35. The molecule has 76 valence electrons. The van der Waals surface area contributed by atoms with Crippen LogP contribution in [0.2, 0.25) is 0 Å². The smallest absolute Gasteiger partial charge is 0.322 e. The van der Waals surface area contributed by atoms with E-state index in [9.17, 15) is 4.79 Å². The molecule has 0 fully saturated rings. The van der Waals surface area contributed by atoms with E-state index in [4.69, 9.17) is 5.73 Å². The van der Waals surface area contributed by atoms with Crippen molar-refractivity contribution in [3.63, 3.8) is 0 Å². The lowest BCUT2D eigenvalue weighted by Gasteiger charge is -2.08. The van der Waals surface area contributed by atoms with Gasteiger partial charge in [-0.25, -0.2) is 0 Å². The number of rotatable bonds is 4. The van der Waals surface area contributed by atoms with E-state index in [0.29, 0.717) is 6.42 Å². The molecule has 1 atom stereocenters. The van der Waals surface area contributed by atoms with Crippen LogP contribution in [-0.2, 0) is 16.0 Å². The Bertz CT molecular complexity index is 285. The summed E-state index contributed by atoms with van der Waals surface area (Å²) in [6.07, 6.45) is 1.42. The number of carbonyl (C=O) groups excluding carboxylic acids is 1. The second kappa shape index (κ2) is 5.40. The molecule has 0 bridgehead atoms. The topological polar surface area (TPSA) is 52.3 Å². The molecule has 0 aliphatic carbocycles. The Balaban J connectivity index is 2.38. The summed E-state index contributed by atoms with van der Waals surface area (Å²) >= 11 is 0. The second-order valence-electron chi connectivity index (χ2n) is 3.15. The average molecular weight is 193 g/mol. The third-order valence-corrected chi connectivity index (χ3v) is 2.09. The molecule has 3 nitrogen and oxygen atoms in total. The third kappa shape index (κ3) is 3.18. The van der Waals surface area contributed by atoms with Gasteiger partial charge in [0.15, 0.2) is 0 Å². The van der Waals surface area contributed by atoms with Crippen LogP contribution in [0.5, 0.6) is 0 Å². The number of methoxy groups -OCH3 is 1. The van der Waals surface area contributed by atoms with Crippen molar-refractivity contribution in [1.82, 2.24) is 0 Å². The molecule has 0 saturated heterocycles. The maximum Gasteiger partial charge on any atom is 0.322 e. The molecular weight excluding hydrogens is 178 g/mol. The fourth-order valence-electron chi connectivity index (χ4n) is 1.24. The largest absolute Gasteiger partial charge is 0.468 e. The fourth-order valence-corrected chi connectivity index (χ4v) is 1.24. The molecular formula is C11H15NO2. The molecule has 0 amide bonds. The predicted molar refractivity (Wildman–Crippen MR) is 54.8 cm³/mol. The molecule has 0 aromatic heterocycles. The zero-order valence-corrected chi connectivity index (χ0v) is 8.27. The van der Waals surface area contributed by atoms with Crippen LogP contribution in [0.25, 0.3) is 0 Å². The Morgan fingerprint density at radius 2 is 2.07 bits per heavy atom. The first kappa shape index (κ1) is 10.7. The summed E-state index contributed by atoms with van der Waals surface area (Å²) in [7, 11) is 1.35. The van der Waals surface area contributed by atoms with Crippen LogP contribution >= 0.6 is 0 Å². The molecule has 0 radical (unpaired) electrons. The lowest BCUT2D eigenvalue weighted by molar-refractivity contribution is -0.142. The van der Waals surface area contributed by atoms with Crippen molar-refractivity contribution >= 4 is 5.97 Å². The average Bonchev–Trinajstić information content (AvgIpc) is 2.26. The zero-order valence-electron chi connectivity index (χ0n) is 8.27. The minimum absolute atomic E-state index is 0.346. The minimum atomic E-state index is -0.514. The number of benzene rings is 1. The summed E-state index contributed by atoms with van der Waals surface area (Å²) in [4.78, 5) is 11.0. The van der Waals surface area contributed by atoms with E-state index in [-0.39, 0.29) is 5.97 Å². The van der Waals surface area contributed by atoms with E-state index >= 15 is 0 Å². The third-order valence-electron chi connectivity index (χ3n) is 2.09. The molecule has 3 heteroatoms. The fraction of sp³-hybridized carbons (Fsp3) is 0.364. The lowest BCUT2D eigenvalue weighted by atomic mass is 10.1. The molecule has 1 rings (SSSR count). The van der Waals surface area contributed by atoms with Gasteiger partial charge in [-0.3, -0.25) is 4.79 Å². The summed E-state index contributed by atoms with van der Waals surface area (Å²) in [6.45, 7) is 0. The van der Waals surface area contributed by atoms with Gasteiger partial charge in [0.05, 0.1) is 7.11 Å². The van der Waals surface area contributed by atoms with Crippen molar-refractivity contribution in [2.75, 3.05) is 7.11 Å². The number of nitrogens with two attached hydrogens (primary N) is 1.